The van der Waals surface area contributed by atoms with E-state index in [0.717, 1.165) is 42.3 Å². The lowest BCUT2D eigenvalue weighted by Gasteiger charge is -2.35. The van der Waals surface area contributed by atoms with E-state index in [1.807, 2.05) is 6.92 Å². The smallest absolute Gasteiger partial charge is 0.328 e. The highest BCUT2D eigenvalue weighted by molar-refractivity contribution is 8.00. The minimum absolute atomic E-state index is 0.101. The summed E-state index contributed by atoms with van der Waals surface area (Å²) in [5.74, 6) is -2.05. The first kappa shape index (κ1) is 19.7. The van der Waals surface area contributed by atoms with Gasteiger partial charge in [-0.15, -0.1) is 0 Å². The Hall–Kier alpha value is -1.61. The number of unbranched alkanes of at least 4 members (excludes halogenated alkanes) is 2. The number of hydrogen-bond acceptors (Lipinski definition) is 4. The van der Waals surface area contributed by atoms with Crippen molar-refractivity contribution in [1.29, 1.82) is 0 Å². The molecule has 1 heterocycles. The van der Waals surface area contributed by atoms with Gasteiger partial charge in [-0.2, -0.15) is 13.9 Å². The number of halogens is 4. The molecule has 2 rings (SSSR count). The van der Waals surface area contributed by atoms with Crippen LogP contribution < -0.4 is 0 Å². The highest BCUT2D eigenvalue weighted by Gasteiger charge is 2.56. The monoisotopic (exact) mass is 377 g/mol. The zero-order valence-corrected chi connectivity index (χ0v) is 14.4. The lowest BCUT2D eigenvalue weighted by molar-refractivity contribution is -0.139. The van der Waals surface area contributed by atoms with E-state index >= 15 is 0 Å². The molecule has 0 aliphatic carbocycles. The van der Waals surface area contributed by atoms with Gasteiger partial charge < -0.3 is 5.11 Å². The minimum Gasteiger partial charge on any atom is -0.376 e. The van der Waals surface area contributed by atoms with Gasteiger partial charge in [0, 0.05) is 11.6 Å². The molecule has 1 unspecified atom stereocenters. The molecule has 0 aliphatic rings. The van der Waals surface area contributed by atoms with Crippen LogP contribution in [-0.4, -0.2) is 30.9 Å². The fraction of sp³-hybridized carbons (Fsp3) is 0.500. The molecule has 1 N–H and O–H groups in total. The van der Waals surface area contributed by atoms with Crippen molar-refractivity contribution < 1.29 is 22.7 Å². The maximum absolute atomic E-state index is 14.8. The van der Waals surface area contributed by atoms with E-state index in [-0.39, 0.29) is 17.5 Å². The molecule has 9 heteroatoms. The van der Waals surface area contributed by atoms with Crippen LogP contribution in [0.3, 0.4) is 0 Å². The molecule has 2 aromatic rings. The molecule has 1 atom stereocenters. The van der Waals surface area contributed by atoms with Crippen LogP contribution in [0.25, 0.3) is 0 Å². The van der Waals surface area contributed by atoms with Crippen molar-refractivity contribution >= 4 is 11.8 Å². The molecule has 0 aliphatic heterocycles. The second-order valence-corrected chi connectivity index (χ2v) is 6.86. The molecule has 0 fully saturated rings. The van der Waals surface area contributed by atoms with Gasteiger partial charge in [-0.1, -0.05) is 31.5 Å². The third-order valence-electron chi connectivity index (χ3n) is 3.75. The van der Waals surface area contributed by atoms with Gasteiger partial charge in [0.15, 0.2) is 5.60 Å². The van der Waals surface area contributed by atoms with Gasteiger partial charge in [0.1, 0.15) is 24.3 Å². The van der Waals surface area contributed by atoms with E-state index in [0.29, 0.717) is 12.5 Å². The van der Waals surface area contributed by atoms with Crippen LogP contribution in [0.5, 0.6) is 0 Å². The Morgan fingerprint density at radius 2 is 2.00 bits per heavy atom. The van der Waals surface area contributed by atoms with Crippen molar-refractivity contribution in [3.05, 3.63) is 48.1 Å². The Kier molecular flexibility index (Phi) is 6.45. The zero-order chi connectivity index (χ0) is 18.5. The molecule has 0 amide bonds. The van der Waals surface area contributed by atoms with Crippen LogP contribution >= 0.6 is 11.8 Å². The third-order valence-corrected chi connectivity index (χ3v) is 4.94. The van der Waals surface area contributed by atoms with Crippen LogP contribution in [0, 0.1) is 11.6 Å². The third kappa shape index (κ3) is 4.52. The highest BCUT2D eigenvalue weighted by atomic mass is 32.2. The molecular formula is C16H19F4N3OS. The summed E-state index contributed by atoms with van der Waals surface area (Å²) in [4.78, 5) is 3.64. The number of hydrogen-bond donors (Lipinski definition) is 1. The summed E-state index contributed by atoms with van der Waals surface area (Å²) in [6.45, 7) is 1.22. The second-order valence-electron chi connectivity index (χ2n) is 5.65. The Bertz CT molecular complexity index is 684. The second kappa shape index (κ2) is 8.18. The van der Waals surface area contributed by atoms with E-state index in [9.17, 15) is 22.7 Å². The number of aliphatic hydroxyl groups is 1. The average Bonchev–Trinajstić information content (AvgIpc) is 3.04. The number of nitrogens with zero attached hydrogens (tertiary/aromatic N) is 3. The number of thioether (sulfide) groups is 1. The van der Waals surface area contributed by atoms with Gasteiger partial charge in [0.2, 0.25) is 0 Å². The molecule has 1 aromatic heterocycles. The number of alkyl halides is 2. The molecule has 0 saturated carbocycles. The maximum atomic E-state index is 14.8. The summed E-state index contributed by atoms with van der Waals surface area (Å²) < 4.78 is 58.0. The predicted molar refractivity (Wildman–Crippen MR) is 87.2 cm³/mol. The fourth-order valence-corrected chi connectivity index (χ4v) is 3.40. The normalized spacial score (nSPS) is 14.5. The Labute approximate surface area is 147 Å². The van der Waals surface area contributed by atoms with E-state index < -0.39 is 34.6 Å². The van der Waals surface area contributed by atoms with E-state index in [1.165, 1.54) is 0 Å². The molecule has 4 nitrogen and oxygen atoms in total. The molecule has 25 heavy (non-hydrogen) atoms. The summed E-state index contributed by atoms with van der Waals surface area (Å²) in [5, 5.41) is 10.8. The van der Waals surface area contributed by atoms with E-state index in [2.05, 4.69) is 10.1 Å². The van der Waals surface area contributed by atoms with Crippen LogP contribution in [0.1, 0.15) is 31.7 Å². The van der Waals surface area contributed by atoms with Crippen molar-refractivity contribution in [2.45, 2.75) is 43.6 Å². The van der Waals surface area contributed by atoms with Gasteiger partial charge in [-0.25, -0.2) is 18.4 Å². The van der Waals surface area contributed by atoms with E-state index in [4.69, 9.17) is 0 Å². The average molecular weight is 377 g/mol. The predicted octanol–water partition coefficient (Wildman–Crippen LogP) is 3.96. The Morgan fingerprint density at radius 1 is 1.24 bits per heavy atom. The molecule has 0 spiro atoms. The first-order valence-corrected chi connectivity index (χ1v) is 8.81. The van der Waals surface area contributed by atoms with Crippen LogP contribution in [0.4, 0.5) is 17.6 Å². The lowest BCUT2D eigenvalue weighted by atomic mass is 9.93. The Morgan fingerprint density at radius 3 is 2.60 bits per heavy atom. The van der Waals surface area contributed by atoms with Crippen LogP contribution in [-0.2, 0) is 12.1 Å². The standard InChI is InChI=1S/C16H19F4N3OS/c1-2-3-4-7-25-16(19,20)15(24,9-23-11-21-10-22-23)13-6-5-12(17)8-14(13)18/h5-6,8,10-11,24H,2-4,7,9H2,1H3. The highest BCUT2D eigenvalue weighted by Crippen LogP contribution is 2.47. The van der Waals surface area contributed by atoms with Crippen molar-refractivity contribution in [2.75, 3.05) is 5.75 Å². The summed E-state index contributed by atoms with van der Waals surface area (Å²) in [6.07, 6.45) is 4.44. The SMILES string of the molecule is CCCCCSC(F)(F)C(O)(Cn1cncn1)c1ccc(F)cc1F. The number of benzene rings is 1. The molecular weight excluding hydrogens is 358 g/mol. The number of aromatic nitrogens is 3. The summed E-state index contributed by atoms with van der Waals surface area (Å²) in [5.41, 5.74) is -3.59. The topological polar surface area (TPSA) is 50.9 Å². The van der Waals surface area contributed by atoms with E-state index in [1.54, 1.807) is 0 Å². The van der Waals surface area contributed by atoms with Crippen LogP contribution in [0.15, 0.2) is 30.9 Å². The molecule has 0 radical (unpaired) electrons. The summed E-state index contributed by atoms with van der Waals surface area (Å²) >= 11 is 0.250. The maximum Gasteiger partial charge on any atom is 0.328 e. The van der Waals surface area contributed by atoms with Crippen molar-refractivity contribution in [2.24, 2.45) is 0 Å². The van der Waals surface area contributed by atoms with Gasteiger partial charge in [0.05, 0.1) is 6.54 Å². The van der Waals surface area contributed by atoms with Crippen LogP contribution in [0.2, 0.25) is 0 Å². The van der Waals surface area contributed by atoms with Gasteiger partial charge in [-0.05, 0) is 24.3 Å². The summed E-state index contributed by atoms with van der Waals surface area (Å²) in [6, 6.07) is 2.14. The van der Waals surface area contributed by atoms with Crippen molar-refractivity contribution in [3.63, 3.8) is 0 Å². The number of rotatable bonds is 9. The molecule has 1 aromatic carbocycles. The fourth-order valence-electron chi connectivity index (χ4n) is 2.38. The Balaban J connectivity index is 2.37. The zero-order valence-electron chi connectivity index (χ0n) is 13.6. The van der Waals surface area contributed by atoms with Gasteiger partial charge in [-0.3, -0.25) is 0 Å². The van der Waals surface area contributed by atoms with Crippen molar-refractivity contribution in [1.82, 2.24) is 14.8 Å². The first-order chi connectivity index (χ1) is 11.8. The minimum atomic E-state index is -3.72. The quantitative estimate of drug-likeness (QED) is 0.531. The largest absolute Gasteiger partial charge is 0.376 e. The molecule has 0 bridgehead atoms. The van der Waals surface area contributed by atoms with Crippen molar-refractivity contribution in [3.8, 4) is 0 Å². The molecule has 0 saturated heterocycles. The summed E-state index contributed by atoms with van der Waals surface area (Å²) in [7, 11) is 0. The van der Waals surface area contributed by atoms with Gasteiger partial charge in [0.25, 0.3) is 0 Å². The molecule has 138 valence electrons. The first-order valence-electron chi connectivity index (χ1n) is 7.82. The lowest BCUT2D eigenvalue weighted by Crippen LogP contribution is -2.47. The van der Waals surface area contributed by atoms with Gasteiger partial charge >= 0.3 is 5.25 Å².